The zero-order valence-electron chi connectivity index (χ0n) is 8.34. The predicted octanol–water partition coefficient (Wildman–Crippen LogP) is 1.62. The second kappa shape index (κ2) is 7.80. The van der Waals surface area contributed by atoms with Crippen LogP contribution in [-0.4, -0.2) is 19.1 Å². The molecule has 0 saturated carbocycles. The van der Waals surface area contributed by atoms with Gasteiger partial charge in [-0.25, -0.2) is 4.79 Å². The molecule has 0 saturated heterocycles. The highest BCUT2D eigenvalue weighted by Crippen LogP contribution is 2.00. The summed E-state index contributed by atoms with van der Waals surface area (Å²) in [5.74, 6) is -0.293. The molecule has 0 aliphatic rings. The van der Waals surface area contributed by atoms with Crippen molar-refractivity contribution in [3.05, 3.63) is 12.2 Å². The van der Waals surface area contributed by atoms with E-state index in [0.29, 0.717) is 12.2 Å². The molecule has 0 aromatic heterocycles. The van der Waals surface area contributed by atoms with Crippen LogP contribution in [0.25, 0.3) is 0 Å². The van der Waals surface area contributed by atoms with Gasteiger partial charge in [-0.2, -0.15) is 0 Å². The minimum Gasteiger partial charge on any atom is -0.462 e. The van der Waals surface area contributed by atoms with Crippen molar-refractivity contribution in [2.75, 3.05) is 13.2 Å². The van der Waals surface area contributed by atoms with Gasteiger partial charge in [-0.1, -0.05) is 19.4 Å². The van der Waals surface area contributed by atoms with Gasteiger partial charge in [0, 0.05) is 5.57 Å². The van der Waals surface area contributed by atoms with Crippen LogP contribution < -0.4 is 5.73 Å². The van der Waals surface area contributed by atoms with Crippen LogP contribution in [0.2, 0.25) is 0 Å². The smallest absolute Gasteiger partial charge is 0.333 e. The predicted molar refractivity (Wildman–Crippen MR) is 53.3 cm³/mol. The molecule has 0 heterocycles. The Labute approximate surface area is 79.9 Å². The molecule has 0 bridgehead atoms. The minimum absolute atomic E-state index is 0.293. The summed E-state index contributed by atoms with van der Waals surface area (Å²) in [6.07, 6.45) is 4.15. The van der Waals surface area contributed by atoms with Crippen molar-refractivity contribution in [2.45, 2.75) is 32.6 Å². The molecule has 3 nitrogen and oxygen atoms in total. The van der Waals surface area contributed by atoms with Gasteiger partial charge in [0.2, 0.25) is 0 Å². The van der Waals surface area contributed by atoms with Crippen LogP contribution in [0.5, 0.6) is 0 Å². The molecule has 0 amide bonds. The Morgan fingerprint density at radius 3 is 2.46 bits per heavy atom. The zero-order chi connectivity index (χ0) is 10.1. The van der Waals surface area contributed by atoms with Gasteiger partial charge in [0.25, 0.3) is 0 Å². The van der Waals surface area contributed by atoms with Crippen LogP contribution in [0, 0.1) is 0 Å². The Hall–Kier alpha value is -0.830. The van der Waals surface area contributed by atoms with Crippen molar-refractivity contribution < 1.29 is 9.53 Å². The van der Waals surface area contributed by atoms with Gasteiger partial charge in [0.05, 0.1) is 6.61 Å². The zero-order valence-corrected chi connectivity index (χ0v) is 8.34. The summed E-state index contributed by atoms with van der Waals surface area (Å²) in [5.41, 5.74) is 5.79. The van der Waals surface area contributed by atoms with Crippen LogP contribution in [0.15, 0.2) is 12.2 Å². The fourth-order valence-electron chi connectivity index (χ4n) is 0.888. The molecule has 0 radical (unpaired) electrons. The van der Waals surface area contributed by atoms with Gasteiger partial charge in [-0.3, -0.25) is 0 Å². The number of hydrogen-bond donors (Lipinski definition) is 1. The normalized spacial score (nSPS) is 9.69. The van der Waals surface area contributed by atoms with E-state index in [1.807, 2.05) is 0 Å². The van der Waals surface area contributed by atoms with E-state index in [0.717, 1.165) is 32.2 Å². The third-order valence-electron chi connectivity index (χ3n) is 1.68. The molecule has 13 heavy (non-hydrogen) atoms. The second-order valence-corrected chi connectivity index (χ2v) is 3.12. The molecule has 0 aliphatic heterocycles. The molecule has 0 unspecified atom stereocenters. The van der Waals surface area contributed by atoms with Gasteiger partial charge in [0.15, 0.2) is 0 Å². The molecule has 0 fully saturated rings. The van der Waals surface area contributed by atoms with E-state index in [-0.39, 0.29) is 5.97 Å². The molecule has 2 N–H and O–H groups in total. The lowest BCUT2D eigenvalue weighted by atomic mass is 10.2. The maximum absolute atomic E-state index is 10.9. The van der Waals surface area contributed by atoms with Crippen LogP contribution in [0.1, 0.15) is 32.6 Å². The van der Waals surface area contributed by atoms with Gasteiger partial charge in [-0.05, 0) is 26.3 Å². The van der Waals surface area contributed by atoms with Gasteiger partial charge in [0.1, 0.15) is 0 Å². The highest BCUT2D eigenvalue weighted by molar-refractivity contribution is 5.86. The second-order valence-electron chi connectivity index (χ2n) is 3.12. The van der Waals surface area contributed by atoms with Crippen LogP contribution >= 0.6 is 0 Å². The monoisotopic (exact) mass is 185 g/mol. The van der Waals surface area contributed by atoms with E-state index in [4.69, 9.17) is 10.5 Å². The summed E-state index contributed by atoms with van der Waals surface area (Å²) in [4.78, 5) is 10.9. The maximum Gasteiger partial charge on any atom is 0.333 e. The lowest BCUT2D eigenvalue weighted by molar-refractivity contribution is -0.139. The Balaban J connectivity index is 3.16. The first-order valence-corrected chi connectivity index (χ1v) is 4.71. The molecule has 0 atom stereocenters. The number of rotatable bonds is 7. The number of unbranched alkanes of at least 4 members (excludes halogenated alkanes) is 3. The first kappa shape index (κ1) is 12.2. The molecule has 0 rings (SSSR count). The molecule has 0 spiro atoms. The van der Waals surface area contributed by atoms with E-state index in [9.17, 15) is 4.79 Å². The first-order chi connectivity index (χ1) is 6.18. The molecular weight excluding hydrogens is 166 g/mol. The van der Waals surface area contributed by atoms with E-state index < -0.39 is 0 Å². The number of esters is 1. The Morgan fingerprint density at radius 1 is 1.31 bits per heavy atom. The fourth-order valence-corrected chi connectivity index (χ4v) is 0.888. The molecule has 3 heteroatoms. The van der Waals surface area contributed by atoms with Crippen LogP contribution in [0.3, 0.4) is 0 Å². The highest BCUT2D eigenvalue weighted by atomic mass is 16.5. The lowest BCUT2D eigenvalue weighted by Gasteiger charge is -2.03. The minimum atomic E-state index is -0.293. The van der Waals surface area contributed by atoms with Crippen molar-refractivity contribution in [3.8, 4) is 0 Å². The SMILES string of the molecule is C=C(C)C(=O)OCCCCCCN. The summed E-state index contributed by atoms with van der Waals surface area (Å²) in [7, 11) is 0. The van der Waals surface area contributed by atoms with E-state index in [1.54, 1.807) is 6.92 Å². The largest absolute Gasteiger partial charge is 0.462 e. The molecule has 0 aromatic carbocycles. The highest BCUT2D eigenvalue weighted by Gasteiger charge is 2.01. The van der Waals surface area contributed by atoms with Crippen LogP contribution in [-0.2, 0) is 9.53 Å². The number of carbonyl (C=O) groups excluding carboxylic acids is 1. The number of hydrogen-bond acceptors (Lipinski definition) is 3. The Kier molecular flexibility index (Phi) is 7.30. The van der Waals surface area contributed by atoms with Gasteiger partial charge < -0.3 is 10.5 Å². The van der Waals surface area contributed by atoms with Crippen molar-refractivity contribution in [2.24, 2.45) is 5.73 Å². The van der Waals surface area contributed by atoms with Crippen LogP contribution in [0.4, 0.5) is 0 Å². The number of carbonyl (C=O) groups is 1. The quantitative estimate of drug-likeness (QED) is 0.372. The summed E-state index contributed by atoms with van der Waals surface area (Å²) in [5, 5.41) is 0. The van der Waals surface area contributed by atoms with Crippen molar-refractivity contribution in [1.82, 2.24) is 0 Å². The Bertz CT molecular complexity index is 166. The van der Waals surface area contributed by atoms with Crippen molar-refractivity contribution >= 4 is 5.97 Å². The summed E-state index contributed by atoms with van der Waals surface area (Å²) in [6, 6.07) is 0. The first-order valence-electron chi connectivity index (χ1n) is 4.71. The van der Waals surface area contributed by atoms with Gasteiger partial charge >= 0.3 is 5.97 Å². The van der Waals surface area contributed by atoms with Crippen molar-refractivity contribution in [1.29, 1.82) is 0 Å². The van der Waals surface area contributed by atoms with E-state index in [1.165, 1.54) is 0 Å². The average Bonchev–Trinajstić information content (AvgIpc) is 2.10. The molecule has 0 aromatic rings. The standard InChI is InChI=1S/C10H19NO2/c1-9(2)10(12)13-8-6-4-3-5-7-11/h1,3-8,11H2,2H3. The third kappa shape index (κ3) is 7.53. The summed E-state index contributed by atoms with van der Waals surface area (Å²) in [6.45, 7) is 6.38. The third-order valence-corrected chi connectivity index (χ3v) is 1.68. The summed E-state index contributed by atoms with van der Waals surface area (Å²) >= 11 is 0. The fraction of sp³-hybridized carbons (Fsp3) is 0.700. The van der Waals surface area contributed by atoms with Gasteiger partial charge in [-0.15, -0.1) is 0 Å². The van der Waals surface area contributed by atoms with E-state index in [2.05, 4.69) is 6.58 Å². The number of ether oxygens (including phenoxy) is 1. The molecule has 76 valence electrons. The maximum atomic E-state index is 10.9. The van der Waals surface area contributed by atoms with Crippen molar-refractivity contribution in [3.63, 3.8) is 0 Å². The molecular formula is C10H19NO2. The van der Waals surface area contributed by atoms with E-state index >= 15 is 0 Å². The molecule has 0 aliphatic carbocycles. The number of nitrogens with two attached hydrogens (primary N) is 1. The average molecular weight is 185 g/mol. The summed E-state index contributed by atoms with van der Waals surface area (Å²) < 4.78 is 4.91. The lowest BCUT2D eigenvalue weighted by Crippen LogP contribution is -2.06. The topological polar surface area (TPSA) is 52.3 Å². The Morgan fingerprint density at radius 2 is 1.92 bits per heavy atom.